The average molecular weight is 335 g/mol. The highest BCUT2D eigenvalue weighted by Gasteiger charge is 2.30. The summed E-state index contributed by atoms with van der Waals surface area (Å²) in [7, 11) is 1.58. The molecule has 24 heavy (non-hydrogen) atoms. The van der Waals surface area contributed by atoms with Crippen molar-refractivity contribution in [3.63, 3.8) is 0 Å². The van der Waals surface area contributed by atoms with Gasteiger partial charge in [0.2, 0.25) is 5.91 Å². The fourth-order valence-electron chi connectivity index (χ4n) is 2.34. The van der Waals surface area contributed by atoms with Gasteiger partial charge >= 0.3 is 6.03 Å². The Balaban J connectivity index is 1.90. The van der Waals surface area contributed by atoms with E-state index in [0.717, 1.165) is 5.56 Å². The maximum Gasteiger partial charge on any atom is 0.323 e. The number of anilines is 1. The maximum atomic E-state index is 12.3. The van der Waals surface area contributed by atoms with Crippen molar-refractivity contribution in [3.05, 3.63) is 29.8 Å². The summed E-state index contributed by atoms with van der Waals surface area (Å²) in [5, 5.41) is 2.83. The molecular weight excluding hydrogens is 310 g/mol. The van der Waals surface area contributed by atoms with E-state index in [0.29, 0.717) is 25.4 Å². The van der Waals surface area contributed by atoms with Crippen LogP contribution in [-0.4, -0.2) is 61.3 Å². The van der Waals surface area contributed by atoms with Crippen molar-refractivity contribution < 1.29 is 19.1 Å². The smallest absolute Gasteiger partial charge is 0.323 e. The molecule has 0 saturated carbocycles. The van der Waals surface area contributed by atoms with Gasteiger partial charge in [-0.1, -0.05) is 12.1 Å². The Morgan fingerprint density at radius 3 is 2.88 bits per heavy atom. The van der Waals surface area contributed by atoms with Crippen LogP contribution in [-0.2, 0) is 20.9 Å². The topological polar surface area (TPSA) is 71.1 Å². The van der Waals surface area contributed by atoms with E-state index in [1.807, 2.05) is 38.1 Å². The Hall–Kier alpha value is -2.12. The van der Waals surface area contributed by atoms with E-state index in [4.69, 9.17) is 9.47 Å². The molecule has 0 spiro atoms. The standard InChI is InChI=1S/C17H25N3O4/c1-13(2)24-11-14-5-4-6-15(9-14)18-17(22)20-10-16(21)19(12-20)7-8-23-3/h4-6,9,13H,7-8,10-12H2,1-3H3,(H,18,22). The first-order chi connectivity index (χ1) is 11.5. The number of amides is 3. The summed E-state index contributed by atoms with van der Waals surface area (Å²) in [6.45, 7) is 5.77. The Morgan fingerprint density at radius 1 is 1.38 bits per heavy atom. The minimum atomic E-state index is -0.287. The lowest BCUT2D eigenvalue weighted by molar-refractivity contribution is -0.127. The molecule has 7 nitrogen and oxygen atoms in total. The van der Waals surface area contributed by atoms with Gasteiger partial charge in [0.15, 0.2) is 0 Å². The molecule has 1 aliphatic heterocycles. The van der Waals surface area contributed by atoms with Gasteiger partial charge in [0.25, 0.3) is 0 Å². The number of carbonyl (C=O) groups excluding carboxylic acids is 2. The Morgan fingerprint density at radius 2 is 2.17 bits per heavy atom. The molecule has 0 radical (unpaired) electrons. The van der Waals surface area contributed by atoms with Gasteiger partial charge in [-0.05, 0) is 31.5 Å². The monoisotopic (exact) mass is 335 g/mol. The molecule has 1 aliphatic rings. The van der Waals surface area contributed by atoms with Crippen LogP contribution >= 0.6 is 0 Å². The second-order valence-corrected chi connectivity index (χ2v) is 5.98. The maximum absolute atomic E-state index is 12.3. The van der Waals surface area contributed by atoms with Crippen molar-refractivity contribution in [2.24, 2.45) is 0 Å². The van der Waals surface area contributed by atoms with Crippen LogP contribution in [0, 0.1) is 0 Å². The molecular formula is C17H25N3O4. The van der Waals surface area contributed by atoms with E-state index >= 15 is 0 Å². The summed E-state index contributed by atoms with van der Waals surface area (Å²) in [5.74, 6) is -0.0683. The second kappa shape index (κ2) is 8.65. The summed E-state index contributed by atoms with van der Waals surface area (Å²) in [6.07, 6.45) is 0.150. The van der Waals surface area contributed by atoms with Crippen LogP contribution in [0.1, 0.15) is 19.4 Å². The van der Waals surface area contributed by atoms with Crippen LogP contribution < -0.4 is 5.32 Å². The van der Waals surface area contributed by atoms with Crippen molar-refractivity contribution >= 4 is 17.6 Å². The predicted octanol–water partition coefficient (Wildman–Crippen LogP) is 1.89. The highest BCUT2D eigenvalue weighted by Crippen LogP contribution is 2.14. The number of hydrogen-bond acceptors (Lipinski definition) is 4. The van der Waals surface area contributed by atoms with Crippen LogP contribution in [0.15, 0.2) is 24.3 Å². The molecule has 0 atom stereocenters. The quantitative estimate of drug-likeness (QED) is 0.826. The number of rotatable bonds is 7. The number of urea groups is 1. The van der Waals surface area contributed by atoms with Crippen LogP contribution in [0.2, 0.25) is 0 Å². The predicted molar refractivity (Wildman–Crippen MR) is 90.5 cm³/mol. The lowest BCUT2D eigenvalue weighted by Crippen LogP contribution is -2.35. The number of methoxy groups -OCH3 is 1. The van der Waals surface area contributed by atoms with Crippen molar-refractivity contribution in [3.8, 4) is 0 Å². The zero-order valence-electron chi connectivity index (χ0n) is 14.4. The number of carbonyl (C=O) groups is 2. The van der Waals surface area contributed by atoms with Crippen LogP contribution in [0.25, 0.3) is 0 Å². The van der Waals surface area contributed by atoms with E-state index in [1.165, 1.54) is 4.90 Å². The summed E-state index contributed by atoms with van der Waals surface area (Å²) in [5.41, 5.74) is 1.67. The largest absolute Gasteiger partial charge is 0.383 e. The van der Waals surface area contributed by atoms with Gasteiger partial charge in [0.1, 0.15) is 6.54 Å². The molecule has 1 aromatic carbocycles. The highest BCUT2D eigenvalue weighted by molar-refractivity contribution is 5.94. The van der Waals surface area contributed by atoms with Crippen molar-refractivity contribution in [2.75, 3.05) is 38.8 Å². The zero-order valence-corrected chi connectivity index (χ0v) is 14.4. The molecule has 0 aromatic heterocycles. The lowest BCUT2D eigenvalue weighted by atomic mass is 10.2. The third-order valence-electron chi connectivity index (χ3n) is 3.63. The van der Waals surface area contributed by atoms with E-state index < -0.39 is 0 Å². The van der Waals surface area contributed by atoms with Gasteiger partial charge < -0.3 is 19.7 Å². The fourth-order valence-corrected chi connectivity index (χ4v) is 2.34. The third kappa shape index (κ3) is 5.21. The summed E-state index contributed by atoms with van der Waals surface area (Å²) >= 11 is 0. The SMILES string of the molecule is COCCN1CN(C(=O)Nc2cccc(COC(C)C)c2)CC1=O. The minimum Gasteiger partial charge on any atom is -0.383 e. The first-order valence-corrected chi connectivity index (χ1v) is 8.02. The van der Waals surface area contributed by atoms with E-state index in [2.05, 4.69) is 5.32 Å². The molecule has 1 fully saturated rings. The Kier molecular flexibility index (Phi) is 6.57. The summed E-state index contributed by atoms with van der Waals surface area (Å²) < 4.78 is 10.5. The molecule has 7 heteroatoms. The van der Waals surface area contributed by atoms with Gasteiger partial charge in [-0.2, -0.15) is 0 Å². The highest BCUT2D eigenvalue weighted by atomic mass is 16.5. The van der Waals surface area contributed by atoms with Gasteiger partial charge in [0, 0.05) is 19.3 Å². The first-order valence-electron chi connectivity index (χ1n) is 8.02. The molecule has 1 saturated heterocycles. The number of nitrogens with one attached hydrogen (secondary N) is 1. The van der Waals surface area contributed by atoms with Crippen molar-refractivity contribution in [1.82, 2.24) is 9.80 Å². The average Bonchev–Trinajstić information content (AvgIpc) is 2.92. The fraction of sp³-hybridized carbons (Fsp3) is 0.529. The molecule has 0 aliphatic carbocycles. The van der Waals surface area contributed by atoms with Crippen molar-refractivity contribution in [2.45, 2.75) is 26.6 Å². The zero-order chi connectivity index (χ0) is 17.5. The van der Waals surface area contributed by atoms with Crippen molar-refractivity contribution in [1.29, 1.82) is 0 Å². The molecule has 1 heterocycles. The van der Waals surface area contributed by atoms with Gasteiger partial charge in [-0.3, -0.25) is 9.69 Å². The normalized spacial score (nSPS) is 14.6. The first kappa shape index (κ1) is 18.2. The molecule has 1 aromatic rings. The molecule has 0 bridgehead atoms. The van der Waals surface area contributed by atoms with Crippen LogP contribution in [0.5, 0.6) is 0 Å². The van der Waals surface area contributed by atoms with Crippen LogP contribution in [0.4, 0.5) is 10.5 Å². The number of ether oxygens (including phenoxy) is 2. The Labute approximate surface area is 142 Å². The molecule has 0 unspecified atom stereocenters. The lowest BCUT2D eigenvalue weighted by Gasteiger charge is -2.18. The molecule has 1 N–H and O–H groups in total. The minimum absolute atomic E-state index is 0.0683. The number of nitrogens with zero attached hydrogens (tertiary/aromatic N) is 2. The molecule has 3 amide bonds. The summed E-state index contributed by atoms with van der Waals surface area (Å²) in [4.78, 5) is 27.3. The molecule has 2 rings (SSSR count). The van der Waals surface area contributed by atoms with Gasteiger partial charge in [0.05, 0.1) is 26.0 Å². The second-order valence-electron chi connectivity index (χ2n) is 5.98. The van der Waals surface area contributed by atoms with E-state index in [1.54, 1.807) is 12.0 Å². The Bertz CT molecular complexity index is 577. The number of benzene rings is 1. The van der Waals surface area contributed by atoms with Gasteiger partial charge in [-0.15, -0.1) is 0 Å². The summed E-state index contributed by atoms with van der Waals surface area (Å²) in [6, 6.07) is 7.22. The van der Waals surface area contributed by atoms with E-state index in [9.17, 15) is 9.59 Å². The van der Waals surface area contributed by atoms with Crippen LogP contribution in [0.3, 0.4) is 0 Å². The van der Waals surface area contributed by atoms with E-state index in [-0.39, 0.29) is 31.3 Å². The third-order valence-corrected chi connectivity index (χ3v) is 3.63. The molecule has 132 valence electrons. The number of hydrogen-bond donors (Lipinski definition) is 1. The van der Waals surface area contributed by atoms with Gasteiger partial charge in [-0.25, -0.2) is 4.79 Å².